The van der Waals surface area contributed by atoms with Gasteiger partial charge in [-0.2, -0.15) is 0 Å². The summed E-state index contributed by atoms with van der Waals surface area (Å²) in [6.45, 7) is 2.85. The number of unbranched alkanes of at least 4 members (excludes halogenated alkanes) is 1. The smallest absolute Gasteiger partial charge is 0.133 e. The van der Waals surface area contributed by atoms with Gasteiger partial charge in [-0.1, -0.05) is 0 Å². The van der Waals surface area contributed by atoms with Crippen molar-refractivity contribution in [3.05, 3.63) is 12.2 Å². The van der Waals surface area contributed by atoms with Gasteiger partial charge in [0.05, 0.1) is 0 Å². The van der Waals surface area contributed by atoms with Gasteiger partial charge < -0.3 is 14.6 Å². The monoisotopic (exact) mass is 212 g/mol. The van der Waals surface area contributed by atoms with Crippen LogP contribution in [-0.4, -0.2) is 41.6 Å². The highest BCUT2D eigenvalue weighted by Crippen LogP contribution is 1.92. The van der Waals surface area contributed by atoms with Crippen LogP contribution in [0.25, 0.3) is 0 Å². The highest BCUT2D eigenvalue weighted by Gasteiger charge is 1.98. The maximum Gasteiger partial charge on any atom is 0.133 e. The molecule has 1 aromatic heterocycles. The maximum atomic E-state index is 4.97. The Labute approximate surface area is 90.8 Å². The summed E-state index contributed by atoms with van der Waals surface area (Å²) in [4.78, 5) is 0. The second-order valence-corrected chi connectivity index (χ2v) is 3.56. The average molecular weight is 212 g/mol. The number of hydrogen-bond donors (Lipinski definition) is 1. The molecule has 0 aromatic carbocycles. The lowest BCUT2D eigenvalue weighted by molar-refractivity contribution is 0.192. The zero-order valence-corrected chi connectivity index (χ0v) is 9.57. The molecule has 0 spiro atoms. The Morgan fingerprint density at radius 1 is 1.40 bits per heavy atom. The number of ether oxygens (including phenoxy) is 1. The SMILES string of the molecule is COCCCCNCCc1nncn1C. The predicted octanol–water partition coefficient (Wildman–Crippen LogP) is 0.374. The molecule has 0 aliphatic carbocycles. The molecule has 1 rings (SSSR count). The van der Waals surface area contributed by atoms with Gasteiger partial charge in [0.25, 0.3) is 0 Å². The van der Waals surface area contributed by atoms with Crippen LogP contribution in [0.5, 0.6) is 0 Å². The van der Waals surface area contributed by atoms with Crippen molar-refractivity contribution in [2.45, 2.75) is 19.3 Å². The minimum Gasteiger partial charge on any atom is -0.385 e. The first-order valence-electron chi connectivity index (χ1n) is 5.37. The summed E-state index contributed by atoms with van der Waals surface area (Å²) in [5.74, 6) is 1.03. The largest absolute Gasteiger partial charge is 0.385 e. The van der Waals surface area contributed by atoms with Gasteiger partial charge in [0.1, 0.15) is 12.2 Å². The molecule has 0 bridgehead atoms. The van der Waals surface area contributed by atoms with Crippen molar-refractivity contribution >= 4 is 0 Å². The van der Waals surface area contributed by atoms with E-state index in [0.29, 0.717) is 0 Å². The Bertz CT molecular complexity index is 262. The van der Waals surface area contributed by atoms with Gasteiger partial charge >= 0.3 is 0 Å². The zero-order valence-electron chi connectivity index (χ0n) is 9.57. The summed E-state index contributed by atoms with van der Waals surface area (Å²) in [7, 11) is 3.70. The number of hydrogen-bond acceptors (Lipinski definition) is 4. The lowest BCUT2D eigenvalue weighted by Crippen LogP contribution is -2.20. The Balaban J connectivity index is 1.96. The van der Waals surface area contributed by atoms with Crippen LogP contribution < -0.4 is 5.32 Å². The van der Waals surface area contributed by atoms with Gasteiger partial charge in [-0.15, -0.1) is 10.2 Å². The van der Waals surface area contributed by atoms with Gasteiger partial charge in [-0.05, 0) is 19.4 Å². The lowest BCUT2D eigenvalue weighted by Gasteiger charge is -2.03. The maximum absolute atomic E-state index is 4.97. The third-order valence-corrected chi connectivity index (χ3v) is 2.28. The molecule has 1 aromatic rings. The number of nitrogens with zero attached hydrogens (tertiary/aromatic N) is 3. The summed E-state index contributed by atoms with van der Waals surface area (Å²) >= 11 is 0. The second kappa shape index (κ2) is 7.36. The highest BCUT2D eigenvalue weighted by atomic mass is 16.5. The molecule has 86 valence electrons. The van der Waals surface area contributed by atoms with E-state index in [4.69, 9.17) is 4.74 Å². The van der Waals surface area contributed by atoms with E-state index in [1.54, 1.807) is 13.4 Å². The van der Waals surface area contributed by atoms with Gasteiger partial charge in [0.15, 0.2) is 0 Å². The Hall–Kier alpha value is -0.940. The molecule has 0 aliphatic rings. The van der Waals surface area contributed by atoms with Crippen LogP contribution in [0, 0.1) is 0 Å². The molecule has 15 heavy (non-hydrogen) atoms. The van der Waals surface area contributed by atoms with Crippen molar-refractivity contribution in [1.29, 1.82) is 0 Å². The van der Waals surface area contributed by atoms with E-state index in [2.05, 4.69) is 15.5 Å². The molecule has 5 heteroatoms. The van der Waals surface area contributed by atoms with Crippen molar-refractivity contribution in [2.75, 3.05) is 26.8 Å². The van der Waals surface area contributed by atoms with E-state index in [1.165, 1.54) is 0 Å². The summed E-state index contributed by atoms with van der Waals surface area (Å²) in [5.41, 5.74) is 0. The van der Waals surface area contributed by atoms with Gasteiger partial charge in [0.2, 0.25) is 0 Å². The average Bonchev–Trinajstić information content (AvgIpc) is 2.63. The van der Waals surface area contributed by atoms with E-state index < -0.39 is 0 Å². The first-order valence-corrected chi connectivity index (χ1v) is 5.37. The third kappa shape index (κ3) is 4.90. The molecule has 1 N–H and O–H groups in total. The second-order valence-electron chi connectivity index (χ2n) is 3.56. The summed E-state index contributed by atoms with van der Waals surface area (Å²) in [5, 5.41) is 11.2. The predicted molar refractivity (Wildman–Crippen MR) is 58.7 cm³/mol. The van der Waals surface area contributed by atoms with Crippen molar-refractivity contribution in [3.8, 4) is 0 Å². The van der Waals surface area contributed by atoms with Crippen LogP contribution in [0.4, 0.5) is 0 Å². The number of methoxy groups -OCH3 is 1. The van der Waals surface area contributed by atoms with Crippen LogP contribution in [0.15, 0.2) is 6.33 Å². The number of rotatable bonds is 8. The standard InChI is InChI=1S/C10H20N4O/c1-14-9-12-13-10(14)5-7-11-6-3-4-8-15-2/h9,11H,3-8H2,1-2H3. The van der Waals surface area contributed by atoms with Crippen molar-refractivity contribution in [3.63, 3.8) is 0 Å². The molecule has 0 radical (unpaired) electrons. The number of nitrogens with one attached hydrogen (secondary N) is 1. The normalized spacial score (nSPS) is 10.8. The fraction of sp³-hybridized carbons (Fsp3) is 0.800. The third-order valence-electron chi connectivity index (χ3n) is 2.28. The molecule has 1 heterocycles. The molecule has 0 aliphatic heterocycles. The van der Waals surface area contributed by atoms with E-state index in [1.807, 2.05) is 11.6 Å². The van der Waals surface area contributed by atoms with Crippen LogP contribution in [0.1, 0.15) is 18.7 Å². The Morgan fingerprint density at radius 3 is 2.93 bits per heavy atom. The van der Waals surface area contributed by atoms with E-state index >= 15 is 0 Å². The van der Waals surface area contributed by atoms with Gasteiger partial charge in [-0.3, -0.25) is 0 Å². The Morgan fingerprint density at radius 2 is 2.27 bits per heavy atom. The van der Waals surface area contributed by atoms with Crippen LogP contribution in [0.2, 0.25) is 0 Å². The minimum atomic E-state index is 0.852. The van der Waals surface area contributed by atoms with Crippen molar-refractivity contribution in [2.24, 2.45) is 7.05 Å². The quantitative estimate of drug-likeness (QED) is 0.633. The van der Waals surface area contributed by atoms with E-state index in [0.717, 1.165) is 44.8 Å². The number of aromatic nitrogens is 3. The van der Waals surface area contributed by atoms with E-state index in [9.17, 15) is 0 Å². The van der Waals surface area contributed by atoms with Gasteiger partial charge in [0, 0.05) is 33.7 Å². The highest BCUT2D eigenvalue weighted by molar-refractivity contribution is 4.84. The van der Waals surface area contributed by atoms with Crippen LogP contribution in [0.3, 0.4) is 0 Å². The minimum absolute atomic E-state index is 0.852. The topological polar surface area (TPSA) is 52.0 Å². The van der Waals surface area contributed by atoms with Gasteiger partial charge in [-0.25, -0.2) is 0 Å². The molecular weight excluding hydrogens is 192 g/mol. The molecule has 0 unspecified atom stereocenters. The fourth-order valence-electron chi connectivity index (χ4n) is 1.36. The molecule has 5 nitrogen and oxygen atoms in total. The summed E-state index contributed by atoms with van der Waals surface area (Å²) in [6.07, 6.45) is 4.94. The zero-order chi connectivity index (χ0) is 10.9. The number of aryl methyl sites for hydroxylation is 1. The molecular formula is C10H20N4O. The molecule has 0 atom stereocenters. The van der Waals surface area contributed by atoms with Crippen molar-refractivity contribution < 1.29 is 4.74 Å². The van der Waals surface area contributed by atoms with Crippen LogP contribution in [-0.2, 0) is 18.2 Å². The van der Waals surface area contributed by atoms with E-state index in [-0.39, 0.29) is 0 Å². The molecule has 0 fully saturated rings. The Kier molecular flexibility index (Phi) is 5.96. The molecule has 0 saturated carbocycles. The molecule has 0 saturated heterocycles. The first-order chi connectivity index (χ1) is 7.34. The lowest BCUT2D eigenvalue weighted by atomic mass is 10.3. The fourth-order valence-corrected chi connectivity index (χ4v) is 1.36. The summed E-state index contributed by atoms with van der Waals surface area (Å²) < 4.78 is 6.92. The van der Waals surface area contributed by atoms with Crippen LogP contribution >= 0.6 is 0 Å². The van der Waals surface area contributed by atoms with Crippen molar-refractivity contribution in [1.82, 2.24) is 20.1 Å². The first kappa shape index (κ1) is 12.1. The summed E-state index contributed by atoms with van der Waals surface area (Å²) in [6, 6.07) is 0. The molecule has 0 amide bonds.